The van der Waals surface area contributed by atoms with Crippen molar-refractivity contribution in [1.29, 1.82) is 0 Å². The number of hydrogen-bond acceptors (Lipinski definition) is 5. The zero-order valence-electron chi connectivity index (χ0n) is 13.7. The summed E-state index contributed by atoms with van der Waals surface area (Å²) >= 11 is 1.55. The standard InChI is InChI=1S/C18H19N3O2S/c1-12-5-6-14(10-13(12)2)7-8-16(22)19-11-17-20-18(21-23-17)15-4-3-9-24-15/h3-6,9-10H,7-8,11H2,1-2H3,(H,19,22). The van der Waals surface area contributed by atoms with E-state index in [2.05, 4.69) is 47.5 Å². The summed E-state index contributed by atoms with van der Waals surface area (Å²) in [4.78, 5) is 17.2. The Morgan fingerprint density at radius 2 is 2.12 bits per heavy atom. The summed E-state index contributed by atoms with van der Waals surface area (Å²) in [5.74, 6) is 0.950. The van der Waals surface area contributed by atoms with Crippen LogP contribution in [0, 0.1) is 13.8 Å². The van der Waals surface area contributed by atoms with E-state index >= 15 is 0 Å². The molecule has 124 valence electrons. The van der Waals surface area contributed by atoms with Crippen molar-refractivity contribution in [2.24, 2.45) is 0 Å². The maximum absolute atomic E-state index is 12.0. The second-order valence-corrected chi connectivity index (χ2v) is 6.63. The van der Waals surface area contributed by atoms with Crippen molar-refractivity contribution in [2.45, 2.75) is 33.2 Å². The van der Waals surface area contributed by atoms with E-state index in [0.29, 0.717) is 18.1 Å². The van der Waals surface area contributed by atoms with Crippen molar-refractivity contribution in [3.8, 4) is 10.7 Å². The van der Waals surface area contributed by atoms with Crippen LogP contribution in [-0.4, -0.2) is 16.0 Å². The van der Waals surface area contributed by atoms with Crippen molar-refractivity contribution >= 4 is 17.2 Å². The fourth-order valence-corrected chi connectivity index (χ4v) is 2.96. The summed E-state index contributed by atoms with van der Waals surface area (Å²) in [7, 11) is 0. The lowest BCUT2D eigenvalue weighted by molar-refractivity contribution is -0.121. The van der Waals surface area contributed by atoms with Crippen LogP contribution < -0.4 is 5.32 Å². The highest BCUT2D eigenvalue weighted by molar-refractivity contribution is 7.13. The number of aryl methyl sites for hydroxylation is 3. The third-order valence-electron chi connectivity index (χ3n) is 3.86. The average Bonchev–Trinajstić information content (AvgIpc) is 3.25. The van der Waals surface area contributed by atoms with Crippen molar-refractivity contribution in [2.75, 3.05) is 0 Å². The molecule has 0 spiro atoms. The zero-order chi connectivity index (χ0) is 16.9. The topological polar surface area (TPSA) is 68.0 Å². The van der Waals surface area contributed by atoms with Crippen LogP contribution in [0.5, 0.6) is 0 Å². The van der Waals surface area contributed by atoms with Gasteiger partial charge in [0.05, 0.1) is 11.4 Å². The van der Waals surface area contributed by atoms with Crippen LogP contribution in [0.4, 0.5) is 0 Å². The summed E-state index contributed by atoms with van der Waals surface area (Å²) in [5, 5.41) is 8.70. The highest BCUT2D eigenvalue weighted by Gasteiger charge is 2.10. The number of benzene rings is 1. The first kappa shape index (κ1) is 16.4. The number of carbonyl (C=O) groups is 1. The van der Waals surface area contributed by atoms with Crippen molar-refractivity contribution in [3.05, 3.63) is 58.3 Å². The molecule has 2 heterocycles. The Morgan fingerprint density at radius 3 is 2.88 bits per heavy atom. The Morgan fingerprint density at radius 1 is 1.25 bits per heavy atom. The summed E-state index contributed by atoms with van der Waals surface area (Å²) in [5.41, 5.74) is 3.69. The van der Waals surface area contributed by atoms with Crippen LogP contribution in [-0.2, 0) is 17.8 Å². The quantitative estimate of drug-likeness (QED) is 0.743. The number of nitrogens with zero attached hydrogens (tertiary/aromatic N) is 2. The minimum Gasteiger partial charge on any atom is -0.347 e. The molecule has 0 aliphatic carbocycles. The molecule has 5 nitrogen and oxygen atoms in total. The van der Waals surface area contributed by atoms with E-state index in [1.54, 1.807) is 11.3 Å². The predicted octanol–water partition coefficient (Wildman–Crippen LogP) is 3.66. The Kier molecular flexibility index (Phi) is 5.05. The van der Waals surface area contributed by atoms with Crippen LogP contribution in [0.3, 0.4) is 0 Å². The van der Waals surface area contributed by atoms with E-state index in [-0.39, 0.29) is 12.5 Å². The molecular formula is C18H19N3O2S. The molecule has 0 aliphatic heterocycles. The van der Waals surface area contributed by atoms with Crippen molar-refractivity contribution in [1.82, 2.24) is 15.5 Å². The van der Waals surface area contributed by atoms with Gasteiger partial charge in [-0.05, 0) is 48.4 Å². The molecule has 0 fully saturated rings. The van der Waals surface area contributed by atoms with E-state index in [1.165, 1.54) is 16.7 Å². The molecule has 1 amide bonds. The summed E-state index contributed by atoms with van der Waals surface area (Å²) in [6.45, 7) is 4.42. The van der Waals surface area contributed by atoms with Gasteiger partial charge < -0.3 is 9.84 Å². The molecule has 1 N–H and O–H groups in total. The molecule has 2 aromatic heterocycles. The number of aromatic nitrogens is 2. The van der Waals surface area contributed by atoms with E-state index in [9.17, 15) is 4.79 Å². The van der Waals surface area contributed by atoms with Gasteiger partial charge >= 0.3 is 0 Å². The SMILES string of the molecule is Cc1ccc(CCC(=O)NCc2nc(-c3cccs3)no2)cc1C. The largest absolute Gasteiger partial charge is 0.347 e. The summed E-state index contributed by atoms with van der Waals surface area (Å²) in [6.07, 6.45) is 1.16. The average molecular weight is 341 g/mol. The first-order chi connectivity index (χ1) is 11.6. The summed E-state index contributed by atoms with van der Waals surface area (Å²) < 4.78 is 5.16. The van der Waals surface area contributed by atoms with E-state index < -0.39 is 0 Å². The molecule has 0 aliphatic rings. The molecule has 24 heavy (non-hydrogen) atoms. The minimum absolute atomic E-state index is 0.0240. The lowest BCUT2D eigenvalue weighted by Gasteiger charge is -2.05. The van der Waals surface area contributed by atoms with Crippen LogP contribution >= 0.6 is 11.3 Å². The highest BCUT2D eigenvalue weighted by atomic mass is 32.1. The molecule has 0 atom stereocenters. The van der Waals surface area contributed by atoms with E-state index in [1.807, 2.05) is 17.5 Å². The van der Waals surface area contributed by atoms with Gasteiger partial charge in [0.1, 0.15) is 0 Å². The van der Waals surface area contributed by atoms with Crippen LogP contribution in [0.25, 0.3) is 10.7 Å². The molecule has 0 saturated heterocycles. The fraction of sp³-hybridized carbons (Fsp3) is 0.278. The van der Waals surface area contributed by atoms with Crippen LogP contribution in [0.1, 0.15) is 29.0 Å². The van der Waals surface area contributed by atoms with Gasteiger partial charge in [0.15, 0.2) is 0 Å². The van der Waals surface area contributed by atoms with Crippen LogP contribution in [0.2, 0.25) is 0 Å². The fourth-order valence-electron chi connectivity index (χ4n) is 2.31. The number of nitrogens with one attached hydrogen (secondary N) is 1. The van der Waals surface area contributed by atoms with Gasteiger partial charge in [-0.2, -0.15) is 4.98 Å². The molecule has 3 rings (SSSR count). The molecule has 1 aromatic carbocycles. The second kappa shape index (κ2) is 7.40. The maximum Gasteiger partial charge on any atom is 0.246 e. The molecule has 6 heteroatoms. The van der Waals surface area contributed by atoms with Crippen molar-refractivity contribution < 1.29 is 9.32 Å². The molecule has 0 bridgehead atoms. The van der Waals surface area contributed by atoms with E-state index in [4.69, 9.17) is 4.52 Å². The first-order valence-electron chi connectivity index (χ1n) is 7.81. The zero-order valence-corrected chi connectivity index (χ0v) is 14.5. The van der Waals surface area contributed by atoms with Gasteiger partial charge in [-0.3, -0.25) is 4.79 Å². The Labute approximate surface area is 144 Å². The monoisotopic (exact) mass is 341 g/mol. The third-order valence-corrected chi connectivity index (χ3v) is 4.72. The van der Waals surface area contributed by atoms with Gasteiger partial charge in [0.25, 0.3) is 0 Å². The van der Waals surface area contributed by atoms with Crippen LogP contribution in [0.15, 0.2) is 40.2 Å². The maximum atomic E-state index is 12.0. The first-order valence-corrected chi connectivity index (χ1v) is 8.69. The number of carbonyl (C=O) groups excluding carboxylic acids is 1. The number of hydrogen-bond donors (Lipinski definition) is 1. The smallest absolute Gasteiger partial charge is 0.246 e. The summed E-state index contributed by atoms with van der Waals surface area (Å²) in [6, 6.07) is 10.2. The van der Waals surface area contributed by atoms with Gasteiger partial charge in [0, 0.05) is 6.42 Å². The van der Waals surface area contributed by atoms with Gasteiger partial charge in [-0.25, -0.2) is 0 Å². The predicted molar refractivity (Wildman–Crippen MR) is 93.7 cm³/mol. The second-order valence-electron chi connectivity index (χ2n) is 5.68. The van der Waals surface area contributed by atoms with E-state index in [0.717, 1.165) is 11.3 Å². The molecule has 3 aromatic rings. The third kappa shape index (κ3) is 4.08. The Bertz CT molecular complexity index is 825. The minimum atomic E-state index is -0.0240. The number of thiophene rings is 1. The molecule has 0 radical (unpaired) electrons. The van der Waals surface area contributed by atoms with Gasteiger partial charge in [0.2, 0.25) is 17.6 Å². The lowest BCUT2D eigenvalue weighted by atomic mass is 10.0. The molecule has 0 unspecified atom stereocenters. The number of rotatable bonds is 6. The van der Waals surface area contributed by atoms with Crippen molar-refractivity contribution in [3.63, 3.8) is 0 Å². The highest BCUT2D eigenvalue weighted by Crippen LogP contribution is 2.21. The Hall–Kier alpha value is -2.47. The lowest BCUT2D eigenvalue weighted by Crippen LogP contribution is -2.23. The van der Waals surface area contributed by atoms with Gasteiger partial charge in [-0.1, -0.05) is 29.4 Å². The normalized spacial score (nSPS) is 10.8. The van der Waals surface area contributed by atoms with Gasteiger partial charge in [-0.15, -0.1) is 11.3 Å². The molecule has 0 saturated carbocycles. The molecular weight excluding hydrogens is 322 g/mol. The Balaban J connectivity index is 1.48. The number of amides is 1.